The molecule has 2 nitrogen and oxygen atoms in total. The summed E-state index contributed by atoms with van der Waals surface area (Å²) in [6.45, 7) is 7.32. The summed E-state index contributed by atoms with van der Waals surface area (Å²) in [5.74, 6) is 0.281. The fourth-order valence-corrected chi connectivity index (χ4v) is 3.36. The zero-order valence-electron chi connectivity index (χ0n) is 10.7. The van der Waals surface area contributed by atoms with E-state index in [1.54, 1.807) is 11.3 Å². The average molecular weight is 251 g/mol. The molecule has 0 N–H and O–H groups in total. The second-order valence-electron chi connectivity index (χ2n) is 5.07. The monoisotopic (exact) mass is 251 g/mol. The molecule has 94 valence electrons. The van der Waals surface area contributed by atoms with Crippen LogP contribution >= 0.6 is 11.3 Å². The highest BCUT2D eigenvalue weighted by Crippen LogP contribution is 2.36. The normalized spacial score (nSPS) is 19.6. The van der Waals surface area contributed by atoms with Gasteiger partial charge in [-0.05, 0) is 42.7 Å². The summed E-state index contributed by atoms with van der Waals surface area (Å²) in [5, 5.41) is 1.97. The lowest BCUT2D eigenvalue weighted by Gasteiger charge is -2.26. The van der Waals surface area contributed by atoms with Gasteiger partial charge in [-0.3, -0.25) is 9.69 Å². The Kier molecular flexibility index (Phi) is 4.00. The zero-order chi connectivity index (χ0) is 12.3. The van der Waals surface area contributed by atoms with Crippen molar-refractivity contribution in [1.29, 1.82) is 0 Å². The molecule has 1 saturated heterocycles. The number of carbonyl (C=O) groups excluding carboxylic acids is 1. The summed E-state index contributed by atoms with van der Waals surface area (Å²) in [6.07, 6.45) is 3.71. The predicted octanol–water partition coefficient (Wildman–Crippen LogP) is 3.44. The third kappa shape index (κ3) is 2.78. The van der Waals surface area contributed by atoms with Crippen molar-refractivity contribution in [3.8, 4) is 0 Å². The predicted molar refractivity (Wildman–Crippen MR) is 72.7 cm³/mol. The SMILES string of the molecule is CCC1(CC)CCN(CC(=O)c2cccs2)C1. The largest absolute Gasteiger partial charge is 0.295 e. The van der Waals surface area contributed by atoms with Crippen molar-refractivity contribution in [3.63, 3.8) is 0 Å². The Morgan fingerprint density at radius 1 is 1.47 bits per heavy atom. The minimum absolute atomic E-state index is 0.281. The molecule has 0 atom stereocenters. The van der Waals surface area contributed by atoms with Crippen LogP contribution in [0.1, 0.15) is 42.8 Å². The van der Waals surface area contributed by atoms with Crippen LogP contribution in [-0.2, 0) is 0 Å². The van der Waals surface area contributed by atoms with Crippen molar-refractivity contribution >= 4 is 17.1 Å². The number of nitrogens with zero attached hydrogens (tertiary/aromatic N) is 1. The van der Waals surface area contributed by atoms with Crippen LogP contribution in [0.2, 0.25) is 0 Å². The number of Topliss-reactive ketones (excluding diaryl/α,β-unsaturated/α-hetero) is 1. The molecule has 2 heterocycles. The molecule has 0 unspecified atom stereocenters. The van der Waals surface area contributed by atoms with Gasteiger partial charge in [-0.1, -0.05) is 19.9 Å². The molecule has 1 aliphatic heterocycles. The number of hydrogen-bond acceptors (Lipinski definition) is 3. The van der Waals surface area contributed by atoms with Crippen LogP contribution in [0.3, 0.4) is 0 Å². The van der Waals surface area contributed by atoms with E-state index in [1.807, 2.05) is 17.5 Å². The highest BCUT2D eigenvalue weighted by atomic mass is 32.1. The van der Waals surface area contributed by atoms with Gasteiger partial charge in [-0.25, -0.2) is 0 Å². The van der Waals surface area contributed by atoms with Crippen LogP contribution in [0.5, 0.6) is 0 Å². The van der Waals surface area contributed by atoms with E-state index in [0.717, 1.165) is 18.0 Å². The van der Waals surface area contributed by atoms with Crippen LogP contribution < -0.4 is 0 Å². The highest BCUT2D eigenvalue weighted by molar-refractivity contribution is 7.12. The molecule has 1 fully saturated rings. The summed E-state index contributed by atoms with van der Waals surface area (Å²) < 4.78 is 0. The molecular formula is C14H21NOS. The van der Waals surface area contributed by atoms with Crippen LogP contribution in [0.4, 0.5) is 0 Å². The van der Waals surface area contributed by atoms with Gasteiger partial charge in [0.05, 0.1) is 11.4 Å². The smallest absolute Gasteiger partial charge is 0.186 e. The third-order valence-corrected chi connectivity index (χ3v) is 5.09. The molecular weight excluding hydrogens is 230 g/mol. The Morgan fingerprint density at radius 2 is 2.24 bits per heavy atom. The van der Waals surface area contributed by atoms with Crippen molar-refractivity contribution < 1.29 is 4.79 Å². The van der Waals surface area contributed by atoms with E-state index in [0.29, 0.717) is 12.0 Å². The molecule has 0 bridgehead atoms. The first kappa shape index (κ1) is 12.8. The maximum absolute atomic E-state index is 12.0. The average Bonchev–Trinajstić information content (AvgIpc) is 2.98. The molecule has 0 amide bonds. The van der Waals surface area contributed by atoms with Gasteiger partial charge >= 0.3 is 0 Å². The Labute approximate surface area is 108 Å². The van der Waals surface area contributed by atoms with E-state index >= 15 is 0 Å². The van der Waals surface area contributed by atoms with Crippen molar-refractivity contribution in [3.05, 3.63) is 22.4 Å². The maximum Gasteiger partial charge on any atom is 0.186 e. The van der Waals surface area contributed by atoms with Crippen LogP contribution in [0.15, 0.2) is 17.5 Å². The lowest BCUT2D eigenvalue weighted by Crippen LogP contribution is -2.30. The minimum Gasteiger partial charge on any atom is -0.295 e. The molecule has 1 aromatic rings. The molecule has 2 rings (SSSR count). The van der Waals surface area contributed by atoms with E-state index in [9.17, 15) is 4.79 Å². The van der Waals surface area contributed by atoms with E-state index < -0.39 is 0 Å². The topological polar surface area (TPSA) is 20.3 Å². The van der Waals surface area contributed by atoms with E-state index in [2.05, 4.69) is 18.7 Å². The van der Waals surface area contributed by atoms with Gasteiger partial charge in [0.15, 0.2) is 5.78 Å². The van der Waals surface area contributed by atoms with E-state index in [4.69, 9.17) is 0 Å². The molecule has 3 heteroatoms. The van der Waals surface area contributed by atoms with Gasteiger partial charge in [0.2, 0.25) is 0 Å². The lowest BCUT2D eigenvalue weighted by molar-refractivity contribution is 0.0940. The molecule has 1 aromatic heterocycles. The Hall–Kier alpha value is -0.670. The molecule has 0 spiro atoms. The highest BCUT2D eigenvalue weighted by Gasteiger charge is 2.35. The first-order valence-electron chi connectivity index (χ1n) is 6.48. The number of likely N-dealkylation sites (tertiary alicyclic amines) is 1. The minimum atomic E-state index is 0.281. The Balaban J connectivity index is 1.92. The molecule has 17 heavy (non-hydrogen) atoms. The van der Waals surface area contributed by atoms with Crippen molar-refractivity contribution in [2.45, 2.75) is 33.1 Å². The molecule has 0 radical (unpaired) electrons. The number of ketones is 1. The third-order valence-electron chi connectivity index (χ3n) is 4.18. The number of thiophene rings is 1. The number of hydrogen-bond donors (Lipinski definition) is 0. The Bertz CT molecular complexity index is 368. The number of rotatable bonds is 5. The fourth-order valence-electron chi connectivity index (χ4n) is 2.71. The summed E-state index contributed by atoms with van der Waals surface area (Å²) in [7, 11) is 0. The molecule has 0 aliphatic carbocycles. The lowest BCUT2D eigenvalue weighted by atomic mass is 9.82. The van der Waals surface area contributed by atoms with Crippen LogP contribution in [0.25, 0.3) is 0 Å². The summed E-state index contributed by atoms with van der Waals surface area (Å²) in [4.78, 5) is 15.2. The summed E-state index contributed by atoms with van der Waals surface area (Å²) in [5.41, 5.74) is 0.468. The fraction of sp³-hybridized carbons (Fsp3) is 0.643. The van der Waals surface area contributed by atoms with Gasteiger partial charge in [0, 0.05) is 6.54 Å². The second kappa shape index (κ2) is 5.32. The van der Waals surface area contributed by atoms with Crippen molar-refractivity contribution in [2.24, 2.45) is 5.41 Å². The second-order valence-corrected chi connectivity index (χ2v) is 6.02. The van der Waals surface area contributed by atoms with E-state index in [-0.39, 0.29) is 5.78 Å². The van der Waals surface area contributed by atoms with Gasteiger partial charge in [-0.15, -0.1) is 11.3 Å². The number of carbonyl (C=O) groups is 1. The van der Waals surface area contributed by atoms with Gasteiger partial charge in [-0.2, -0.15) is 0 Å². The van der Waals surface area contributed by atoms with Crippen molar-refractivity contribution in [1.82, 2.24) is 4.90 Å². The van der Waals surface area contributed by atoms with Crippen molar-refractivity contribution in [2.75, 3.05) is 19.6 Å². The standard InChI is InChI=1S/C14H21NOS/c1-3-14(4-2)7-8-15(11-14)10-12(16)13-6-5-9-17-13/h5-6,9H,3-4,7-8,10-11H2,1-2H3. The zero-order valence-corrected chi connectivity index (χ0v) is 11.6. The molecule has 1 aliphatic rings. The van der Waals surface area contributed by atoms with E-state index in [1.165, 1.54) is 19.3 Å². The summed E-state index contributed by atoms with van der Waals surface area (Å²) >= 11 is 1.55. The Morgan fingerprint density at radius 3 is 2.76 bits per heavy atom. The quantitative estimate of drug-likeness (QED) is 0.747. The van der Waals surface area contributed by atoms with Gasteiger partial charge in [0.1, 0.15) is 0 Å². The first-order chi connectivity index (χ1) is 8.19. The summed E-state index contributed by atoms with van der Waals surface area (Å²) in [6, 6.07) is 3.88. The van der Waals surface area contributed by atoms with Gasteiger partial charge in [0.25, 0.3) is 0 Å². The maximum atomic E-state index is 12.0. The van der Waals surface area contributed by atoms with Crippen LogP contribution in [0, 0.1) is 5.41 Å². The first-order valence-corrected chi connectivity index (χ1v) is 7.36. The van der Waals surface area contributed by atoms with Crippen LogP contribution in [-0.4, -0.2) is 30.3 Å². The molecule has 0 aromatic carbocycles. The van der Waals surface area contributed by atoms with Gasteiger partial charge < -0.3 is 0 Å². The molecule has 0 saturated carbocycles.